The number of hydrogen-bond donors (Lipinski definition) is 2. The van der Waals surface area contributed by atoms with E-state index in [1.165, 1.54) is 11.8 Å². The molecule has 15 heavy (non-hydrogen) atoms. The average Bonchev–Trinajstić information content (AvgIpc) is 2.65. The number of nitrogens with two attached hydrogens (primary N) is 1. The first-order chi connectivity index (χ1) is 7.19. The number of thioether (sulfide) groups is 1. The van der Waals surface area contributed by atoms with Gasteiger partial charge in [0.25, 0.3) is 0 Å². The minimum Gasteiger partial charge on any atom is -0.358 e. The summed E-state index contributed by atoms with van der Waals surface area (Å²) < 4.78 is 1.59. The molecule has 1 aromatic heterocycles. The molecule has 0 radical (unpaired) electrons. The third kappa shape index (κ3) is 3.17. The Morgan fingerprint density at radius 3 is 3.07 bits per heavy atom. The molecule has 0 saturated heterocycles. The standard InChI is InChI=1S/C7H14N6OS/c1-5(6(14)9-2)15-7-10-11-12-13(7)4-3-8/h5H,3-4,8H2,1-2H3,(H,9,14). The maximum absolute atomic E-state index is 11.3. The van der Waals surface area contributed by atoms with Crippen LogP contribution in [0.15, 0.2) is 5.16 Å². The second-order valence-electron chi connectivity index (χ2n) is 2.85. The molecule has 1 heterocycles. The lowest BCUT2D eigenvalue weighted by Crippen LogP contribution is -2.27. The first-order valence-electron chi connectivity index (χ1n) is 4.53. The van der Waals surface area contributed by atoms with Gasteiger partial charge in [0.05, 0.1) is 11.8 Å². The van der Waals surface area contributed by atoms with Gasteiger partial charge >= 0.3 is 0 Å². The maximum atomic E-state index is 11.3. The summed E-state index contributed by atoms with van der Waals surface area (Å²) in [6.07, 6.45) is 0. The summed E-state index contributed by atoms with van der Waals surface area (Å²) in [4.78, 5) is 11.3. The van der Waals surface area contributed by atoms with E-state index in [1.54, 1.807) is 18.7 Å². The van der Waals surface area contributed by atoms with Gasteiger partial charge in [0.1, 0.15) is 0 Å². The summed E-state index contributed by atoms with van der Waals surface area (Å²) in [6.45, 7) is 2.81. The van der Waals surface area contributed by atoms with Gasteiger partial charge < -0.3 is 11.1 Å². The van der Waals surface area contributed by atoms with Gasteiger partial charge in [-0.15, -0.1) is 5.10 Å². The van der Waals surface area contributed by atoms with Crippen LogP contribution in [0.2, 0.25) is 0 Å². The molecule has 0 aliphatic heterocycles. The van der Waals surface area contributed by atoms with Crippen molar-refractivity contribution in [1.29, 1.82) is 0 Å². The number of nitrogens with zero attached hydrogens (tertiary/aromatic N) is 4. The molecular weight excluding hydrogens is 216 g/mol. The van der Waals surface area contributed by atoms with Gasteiger partial charge in [-0.2, -0.15) is 0 Å². The Morgan fingerprint density at radius 2 is 2.47 bits per heavy atom. The van der Waals surface area contributed by atoms with Crippen molar-refractivity contribution >= 4 is 17.7 Å². The summed E-state index contributed by atoms with van der Waals surface area (Å²) in [5.41, 5.74) is 5.40. The fourth-order valence-electron chi connectivity index (χ4n) is 0.958. The molecule has 0 aliphatic rings. The predicted molar refractivity (Wildman–Crippen MR) is 56.3 cm³/mol. The largest absolute Gasteiger partial charge is 0.358 e. The Kier molecular flexibility index (Phi) is 4.50. The molecule has 1 atom stereocenters. The summed E-state index contributed by atoms with van der Waals surface area (Å²) in [5, 5.41) is 14.1. The van der Waals surface area contributed by atoms with Gasteiger partial charge in [0, 0.05) is 13.6 Å². The van der Waals surface area contributed by atoms with E-state index in [2.05, 4.69) is 20.8 Å². The first-order valence-corrected chi connectivity index (χ1v) is 5.41. The molecule has 8 heteroatoms. The first kappa shape index (κ1) is 11.9. The van der Waals surface area contributed by atoms with Crippen molar-refractivity contribution in [2.24, 2.45) is 5.73 Å². The molecule has 0 bridgehead atoms. The highest BCUT2D eigenvalue weighted by Gasteiger charge is 2.16. The van der Waals surface area contributed by atoms with Crippen molar-refractivity contribution in [3.8, 4) is 0 Å². The molecule has 1 amide bonds. The highest BCUT2D eigenvalue weighted by molar-refractivity contribution is 8.00. The SMILES string of the molecule is CNC(=O)C(C)Sc1nnnn1CCN. The summed E-state index contributed by atoms with van der Waals surface area (Å²) in [7, 11) is 1.60. The van der Waals surface area contributed by atoms with Crippen molar-refractivity contribution in [3.05, 3.63) is 0 Å². The van der Waals surface area contributed by atoms with Crippen LogP contribution in [0, 0.1) is 0 Å². The fraction of sp³-hybridized carbons (Fsp3) is 0.714. The van der Waals surface area contributed by atoms with Gasteiger partial charge in [-0.3, -0.25) is 4.79 Å². The zero-order valence-corrected chi connectivity index (χ0v) is 9.49. The lowest BCUT2D eigenvalue weighted by atomic mass is 10.4. The van der Waals surface area contributed by atoms with Crippen molar-refractivity contribution in [1.82, 2.24) is 25.5 Å². The molecule has 0 aromatic carbocycles. The Bertz CT molecular complexity index is 327. The van der Waals surface area contributed by atoms with Crippen LogP contribution >= 0.6 is 11.8 Å². The summed E-state index contributed by atoms with van der Waals surface area (Å²) in [5.74, 6) is -0.0534. The van der Waals surface area contributed by atoms with E-state index in [0.29, 0.717) is 18.2 Å². The molecule has 3 N–H and O–H groups in total. The molecule has 0 fully saturated rings. The van der Waals surface area contributed by atoms with Crippen LogP contribution in [-0.2, 0) is 11.3 Å². The number of carbonyl (C=O) groups is 1. The van der Waals surface area contributed by atoms with Crippen LogP contribution in [0.1, 0.15) is 6.92 Å². The second-order valence-corrected chi connectivity index (χ2v) is 4.16. The topological polar surface area (TPSA) is 98.7 Å². The molecule has 84 valence electrons. The van der Waals surface area contributed by atoms with Gasteiger partial charge in [-0.1, -0.05) is 11.8 Å². The zero-order chi connectivity index (χ0) is 11.3. The number of tetrazole rings is 1. The van der Waals surface area contributed by atoms with Gasteiger partial charge in [-0.25, -0.2) is 4.68 Å². The van der Waals surface area contributed by atoms with Crippen LogP contribution < -0.4 is 11.1 Å². The van der Waals surface area contributed by atoms with E-state index < -0.39 is 0 Å². The Hall–Kier alpha value is -1.15. The fourth-order valence-corrected chi connectivity index (χ4v) is 1.83. The minimum absolute atomic E-state index is 0.0534. The van der Waals surface area contributed by atoms with Crippen LogP contribution in [-0.4, -0.2) is 45.0 Å². The zero-order valence-electron chi connectivity index (χ0n) is 8.67. The quantitative estimate of drug-likeness (QED) is 0.620. The van der Waals surface area contributed by atoms with Crippen LogP contribution in [0.4, 0.5) is 0 Å². The van der Waals surface area contributed by atoms with Crippen LogP contribution in [0.5, 0.6) is 0 Å². The highest BCUT2D eigenvalue weighted by Crippen LogP contribution is 2.19. The number of carbonyl (C=O) groups excluding carboxylic acids is 1. The summed E-state index contributed by atoms with van der Waals surface area (Å²) in [6, 6.07) is 0. The number of aromatic nitrogens is 4. The van der Waals surface area contributed by atoms with Gasteiger partial charge in [0.15, 0.2) is 0 Å². The van der Waals surface area contributed by atoms with Crippen LogP contribution in [0.25, 0.3) is 0 Å². The Morgan fingerprint density at radius 1 is 1.73 bits per heavy atom. The van der Waals surface area contributed by atoms with Crippen molar-refractivity contribution in [3.63, 3.8) is 0 Å². The molecule has 1 unspecified atom stereocenters. The lowest BCUT2D eigenvalue weighted by molar-refractivity contribution is -0.119. The Balaban J connectivity index is 2.63. The number of amides is 1. The normalized spacial score (nSPS) is 12.5. The minimum atomic E-state index is -0.225. The summed E-state index contributed by atoms with van der Waals surface area (Å²) >= 11 is 1.31. The van der Waals surface area contributed by atoms with Crippen molar-refractivity contribution < 1.29 is 4.79 Å². The van der Waals surface area contributed by atoms with E-state index in [-0.39, 0.29) is 11.2 Å². The Labute approximate surface area is 91.8 Å². The van der Waals surface area contributed by atoms with Gasteiger partial charge in [-0.05, 0) is 17.4 Å². The third-order valence-electron chi connectivity index (χ3n) is 1.74. The van der Waals surface area contributed by atoms with Crippen LogP contribution in [0.3, 0.4) is 0 Å². The molecule has 0 spiro atoms. The molecule has 1 aromatic rings. The van der Waals surface area contributed by atoms with E-state index in [4.69, 9.17) is 5.73 Å². The monoisotopic (exact) mass is 230 g/mol. The van der Waals surface area contributed by atoms with Crippen molar-refractivity contribution in [2.45, 2.75) is 23.9 Å². The van der Waals surface area contributed by atoms with E-state index >= 15 is 0 Å². The van der Waals surface area contributed by atoms with Crippen molar-refractivity contribution in [2.75, 3.05) is 13.6 Å². The van der Waals surface area contributed by atoms with E-state index in [1.807, 2.05) is 0 Å². The third-order valence-corrected chi connectivity index (χ3v) is 2.81. The number of nitrogens with one attached hydrogen (secondary N) is 1. The van der Waals surface area contributed by atoms with E-state index in [9.17, 15) is 4.79 Å². The lowest BCUT2D eigenvalue weighted by Gasteiger charge is -2.08. The van der Waals surface area contributed by atoms with Gasteiger partial charge in [0.2, 0.25) is 11.1 Å². The molecule has 0 aliphatic carbocycles. The molecular formula is C7H14N6OS. The number of rotatable bonds is 5. The average molecular weight is 230 g/mol. The molecule has 1 rings (SSSR count). The second kappa shape index (κ2) is 5.66. The van der Waals surface area contributed by atoms with E-state index in [0.717, 1.165) is 0 Å². The predicted octanol–water partition coefficient (Wildman–Crippen LogP) is -1.14. The molecule has 0 saturated carbocycles. The smallest absolute Gasteiger partial charge is 0.233 e. The number of hydrogen-bond acceptors (Lipinski definition) is 6. The highest BCUT2D eigenvalue weighted by atomic mass is 32.2. The molecule has 7 nitrogen and oxygen atoms in total. The maximum Gasteiger partial charge on any atom is 0.233 e.